The molecule has 12 aromatic rings. The van der Waals surface area contributed by atoms with Gasteiger partial charge in [0.25, 0.3) is 0 Å². The monoisotopic (exact) mass is 1190 g/mol. The second-order valence-corrected chi connectivity index (χ2v) is 18.6. The van der Waals surface area contributed by atoms with Crippen LogP contribution < -0.4 is 19.3 Å². The fraction of sp³-hybridized carbons (Fsp3) is 0.0571. The predicted molar refractivity (Wildman–Crippen MR) is 311 cm³/mol. The number of nitrogens with zero attached hydrogens (tertiary/aromatic N) is 4. The molecular formula is C70H51N4O2Pt-3. The zero-order valence-electron chi connectivity index (χ0n) is 61.1. The molecule has 0 unspecified atom stereocenters. The van der Waals surface area contributed by atoms with E-state index in [0.29, 0.717) is 33.9 Å². The van der Waals surface area contributed by atoms with Gasteiger partial charge in [-0.05, 0) is 62.9 Å². The van der Waals surface area contributed by atoms with Crippen LogP contribution in [-0.4, -0.2) is 9.55 Å². The fourth-order valence-electron chi connectivity index (χ4n) is 9.41. The molecule has 2 aromatic heterocycles. The van der Waals surface area contributed by atoms with E-state index in [1.54, 1.807) is 77.1 Å². The number of rotatable bonds is 11. The van der Waals surface area contributed by atoms with E-state index in [1.165, 1.54) is 36.5 Å². The Bertz CT molecular complexity index is 5040. The third-order valence-electron chi connectivity index (χ3n) is 12.9. The molecule has 1 aliphatic rings. The van der Waals surface area contributed by atoms with Crippen molar-refractivity contribution in [3.63, 3.8) is 0 Å². The van der Waals surface area contributed by atoms with Gasteiger partial charge in [-0.15, -0.1) is 48.1 Å². The van der Waals surface area contributed by atoms with Crippen LogP contribution in [0.4, 0.5) is 22.7 Å². The predicted octanol–water partition coefficient (Wildman–Crippen LogP) is 18.7. The van der Waals surface area contributed by atoms with Crippen LogP contribution in [0, 0.1) is 18.8 Å². The van der Waals surface area contributed by atoms with Crippen molar-refractivity contribution in [2.24, 2.45) is 0 Å². The first-order valence-corrected chi connectivity index (χ1v) is 24.0. The van der Waals surface area contributed by atoms with Gasteiger partial charge in [0.1, 0.15) is 17.3 Å². The molecule has 0 amide bonds. The van der Waals surface area contributed by atoms with Crippen molar-refractivity contribution < 1.29 is 58.0 Å². The number of fused-ring (bicyclic) bond motifs is 4. The van der Waals surface area contributed by atoms with E-state index in [-0.39, 0.29) is 99.7 Å². The minimum atomic E-state index is -0.636. The van der Waals surface area contributed by atoms with Gasteiger partial charge in [-0.3, -0.25) is 0 Å². The van der Waals surface area contributed by atoms with E-state index in [2.05, 4.69) is 39.0 Å². The molecule has 13 rings (SSSR count). The van der Waals surface area contributed by atoms with Gasteiger partial charge in [0, 0.05) is 89.7 Å². The van der Waals surface area contributed by atoms with Crippen molar-refractivity contribution in [2.75, 3.05) is 9.80 Å². The number of hydrogen-bond donors (Lipinski definition) is 0. The van der Waals surface area contributed by atoms with E-state index in [1.807, 2.05) is 28.8 Å². The average molecular weight is 1200 g/mol. The van der Waals surface area contributed by atoms with E-state index < -0.39 is 121 Å². The fourth-order valence-corrected chi connectivity index (χ4v) is 9.41. The first-order valence-electron chi connectivity index (χ1n) is 34.0. The second-order valence-electron chi connectivity index (χ2n) is 18.6. The van der Waals surface area contributed by atoms with E-state index in [9.17, 15) is 0 Å². The van der Waals surface area contributed by atoms with Crippen LogP contribution in [-0.2, 0) is 26.5 Å². The summed E-state index contributed by atoms with van der Waals surface area (Å²) in [7, 11) is 0. The third-order valence-corrected chi connectivity index (χ3v) is 12.9. The molecule has 0 radical (unpaired) electrons. The molecule has 0 bridgehead atoms. The molecular weight excluding hydrogens is 1120 g/mol. The standard InChI is InChI=1S/C70H51N4O2.Pt/c1-70(2,3)52-37-40-63-62(43-52)61-39-38-55(45-66(61)74(63)67-46-56(41-42-71-67)76-69-59(50-25-12-6-13-26-50)33-20-34-60(69)51-27-14-7-15-28-51)75-54-30-18-29-53(44-54)72-47-73(65-36-17-16-35-64(65)72)68-57(48-21-8-4-9-22-48)31-19-32-58(68)49-23-10-5-11-24-49;/h4-43,46-47H,1-3H3;/q-3;/i4D,5D,6D,7D,8D,9D,10D,11D,12D,13D,14D,15D,21D,22D,23D,24D,25D,26D,27D,28D;. The van der Waals surface area contributed by atoms with Gasteiger partial charge >= 0.3 is 0 Å². The van der Waals surface area contributed by atoms with Crippen LogP contribution in [0.1, 0.15) is 53.7 Å². The minimum absolute atomic E-state index is 0. The number of pyridine rings is 1. The van der Waals surface area contributed by atoms with Crippen LogP contribution in [0.5, 0.6) is 23.0 Å². The maximum atomic E-state index is 9.10. The van der Waals surface area contributed by atoms with Crippen molar-refractivity contribution in [3.8, 4) is 73.3 Å². The van der Waals surface area contributed by atoms with Crippen molar-refractivity contribution in [1.82, 2.24) is 9.55 Å². The summed E-state index contributed by atoms with van der Waals surface area (Å²) in [4.78, 5) is 8.30. The normalized spacial score (nSPS) is 15.8. The molecule has 3 heterocycles. The van der Waals surface area contributed by atoms with Gasteiger partial charge in [-0.25, -0.2) is 4.98 Å². The smallest absolute Gasteiger partial charge is 0.143 e. The molecule has 1 aliphatic heterocycles. The quantitative estimate of drug-likeness (QED) is 0.121. The maximum absolute atomic E-state index is 9.10. The van der Waals surface area contributed by atoms with Crippen LogP contribution in [0.25, 0.3) is 72.1 Å². The van der Waals surface area contributed by atoms with Crippen molar-refractivity contribution >= 4 is 44.6 Å². The van der Waals surface area contributed by atoms with Crippen LogP contribution in [0.15, 0.2) is 248 Å². The summed E-state index contributed by atoms with van der Waals surface area (Å²) in [5.74, 6) is 0.671. The second kappa shape index (κ2) is 20.6. The van der Waals surface area contributed by atoms with Crippen molar-refractivity contribution in [3.05, 3.63) is 273 Å². The third kappa shape index (κ3) is 9.36. The summed E-state index contributed by atoms with van der Waals surface area (Å²) in [6.45, 7) is 7.97. The maximum Gasteiger partial charge on any atom is 0.143 e. The molecule has 0 spiro atoms. The van der Waals surface area contributed by atoms with Crippen molar-refractivity contribution in [2.45, 2.75) is 26.2 Å². The van der Waals surface area contributed by atoms with E-state index in [0.717, 1.165) is 16.3 Å². The summed E-state index contributed by atoms with van der Waals surface area (Å²) in [5.41, 5.74) is 2.87. The number of anilines is 4. The number of ether oxygens (including phenoxy) is 2. The number of para-hydroxylation sites is 4. The van der Waals surface area contributed by atoms with Gasteiger partial charge in [-0.1, -0.05) is 208 Å². The van der Waals surface area contributed by atoms with Gasteiger partial charge in [0.05, 0.1) is 27.4 Å². The first kappa shape index (κ1) is 31.2. The molecule has 77 heavy (non-hydrogen) atoms. The zero-order chi connectivity index (χ0) is 68.6. The summed E-state index contributed by atoms with van der Waals surface area (Å²) >= 11 is 0. The Morgan fingerprint density at radius 1 is 0.506 bits per heavy atom. The molecule has 0 N–H and O–H groups in total. The van der Waals surface area contributed by atoms with E-state index >= 15 is 0 Å². The van der Waals surface area contributed by atoms with Crippen LogP contribution in [0.2, 0.25) is 0 Å². The van der Waals surface area contributed by atoms with Crippen molar-refractivity contribution in [1.29, 1.82) is 0 Å². The van der Waals surface area contributed by atoms with Gasteiger partial charge in [0.2, 0.25) is 0 Å². The molecule has 0 fully saturated rings. The Hall–Kier alpha value is -8.96. The number of hydrogen-bond acceptors (Lipinski definition) is 5. The summed E-state index contributed by atoms with van der Waals surface area (Å²) < 4.78 is 190. The molecule has 0 aliphatic carbocycles. The van der Waals surface area contributed by atoms with Gasteiger partial charge < -0.3 is 23.8 Å². The summed E-state index contributed by atoms with van der Waals surface area (Å²) in [6.07, 6.45) is 1.48. The Kier molecular flexibility index (Phi) is 8.35. The molecule has 0 saturated heterocycles. The van der Waals surface area contributed by atoms with Gasteiger partial charge in [-0.2, -0.15) is 12.1 Å². The van der Waals surface area contributed by atoms with Gasteiger partial charge in [0.15, 0.2) is 0 Å². The molecule has 10 aromatic carbocycles. The first-order chi connectivity index (χ1) is 45.6. The zero-order valence-corrected chi connectivity index (χ0v) is 43.4. The molecule has 0 saturated carbocycles. The number of benzene rings is 10. The molecule has 7 heteroatoms. The number of aromatic nitrogens is 2. The Morgan fingerprint density at radius 3 is 1.65 bits per heavy atom. The average Bonchev–Trinajstić information content (AvgIpc) is 1.71. The molecule has 376 valence electrons. The SMILES string of the molecule is [2H]c1c([2H])c([2H])c(-c2cccc(-c3c([2H])c([2H])c([2H])c([2H])c3[2H])c2Oc2ccnc(-n3c4[c-]c(Oc5[c-]c(N6[CH-]N(c7c(-c8c([2H])c([2H])c([2H])c([2H])c8[2H])cccc7-c7c([2H])c([2H])c([2H])c([2H])c7[2H])c7ccccc76)ccc5)ccc4c4cc(C(C)(C)C)ccc43)c2)c([2H])c1[2H].[Pt]. The Morgan fingerprint density at radius 2 is 1.05 bits per heavy atom. The topological polar surface area (TPSA) is 42.8 Å². The Labute approximate surface area is 492 Å². The molecule has 6 nitrogen and oxygen atoms in total. The largest absolute Gasteiger partial charge is 0.509 e. The van der Waals surface area contributed by atoms with E-state index in [4.69, 9.17) is 41.9 Å². The summed E-state index contributed by atoms with van der Waals surface area (Å²) in [6, 6.07) is 29.4. The van der Waals surface area contributed by atoms with Crippen LogP contribution >= 0.6 is 0 Å². The minimum Gasteiger partial charge on any atom is -0.509 e. The summed E-state index contributed by atoms with van der Waals surface area (Å²) in [5, 5.41) is 1.58. The Balaban J connectivity index is 0.00000897. The van der Waals surface area contributed by atoms with Crippen LogP contribution in [0.3, 0.4) is 0 Å². The molecule has 0 atom stereocenters.